The van der Waals surface area contributed by atoms with Crippen LogP contribution < -0.4 is 4.72 Å². The molecule has 2 rings (SSSR count). The van der Waals surface area contributed by atoms with Gasteiger partial charge in [0.1, 0.15) is 10.6 Å². The lowest BCUT2D eigenvalue weighted by molar-refractivity contribution is 0.0685. The second-order valence-electron chi connectivity index (χ2n) is 5.47. The molecule has 8 heteroatoms. The van der Waals surface area contributed by atoms with E-state index in [0.717, 1.165) is 12.8 Å². The van der Waals surface area contributed by atoms with E-state index in [2.05, 4.69) is 4.72 Å². The summed E-state index contributed by atoms with van der Waals surface area (Å²) in [6.07, 6.45) is 3.64. The molecule has 118 valence electrons. The van der Waals surface area contributed by atoms with Crippen molar-refractivity contribution in [3.8, 4) is 0 Å². The normalized spacial score (nSPS) is 16.9. The maximum absolute atomic E-state index is 12.2. The minimum absolute atomic E-state index is 0.00119. The summed E-state index contributed by atoms with van der Waals surface area (Å²) in [7, 11) is -3.73. The maximum atomic E-state index is 12.2. The van der Waals surface area contributed by atoms with Gasteiger partial charge in [0, 0.05) is 25.4 Å². The minimum Gasteiger partial charge on any atom is -0.477 e. The number of carboxylic acid groups (broad SMARTS) is 1. The summed E-state index contributed by atoms with van der Waals surface area (Å²) in [6.45, 7) is 2.04. The molecular weight excluding hydrogens is 296 g/mol. The van der Waals surface area contributed by atoms with Crippen molar-refractivity contribution in [3.63, 3.8) is 0 Å². The van der Waals surface area contributed by atoms with Crippen LogP contribution in [0, 0.1) is 5.92 Å². The van der Waals surface area contributed by atoms with E-state index in [4.69, 9.17) is 10.2 Å². The molecule has 1 aliphatic rings. The zero-order chi connectivity index (χ0) is 15.6. The molecule has 0 amide bonds. The molecule has 0 bridgehead atoms. The summed E-state index contributed by atoms with van der Waals surface area (Å²) in [5.74, 6) is -1.12. The number of rotatable bonds is 8. The molecule has 0 aromatic carbocycles. The average Bonchev–Trinajstić information content (AvgIpc) is 3.14. The van der Waals surface area contributed by atoms with Crippen LogP contribution in [0.15, 0.2) is 17.2 Å². The van der Waals surface area contributed by atoms with Crippen LogP contribution in [0.1, 0.15) is 42.7 Å². The molecule has 1 aromatic heterocycles. The molecule has 21 heavy (non-hydrogen) atoms. The number of hydrogen-bond donors (Lipinski definition) is 3. The van der Waals surface area contributed by atoms with Crippen molar-refractivity contribution in [2.45, 2.75) is 37.1 Å². The molecule has 1 aliphatic carbocycles. The molecule has 0 radical (unpaired) electrons. The zero-order valence-electron chi connectivity index (χ0n) is 11.8. The molecule has 1 saturated carbocycles. The summed E-state index contributed by atoms with van der Waals surface area (Å²) >= 11 is 0. The third-order valence-electron chi connectivity index (χ3n) is 3.54. The van der Waals surface area contributed by atoms with Crippen molar-refractivity contribution < 1.29 is 23.4 Å². The highest BCUT2D eigenvalue weighted by molar-refractivity contribution is 7.89. The number of carboxylic acids is 1. The first-order valence-electron chi connectivity index (χ1n) is 6.91. The zero-order valence-corrected chi connectivity index (χ0v) is 12.6. The summed E-state index contributed by atoms with van der Waals surface area (Å²) in [6, 6.07) is 1.29. The Morgan fingerprint density at radius 3 is 2.71 bits per heavy atom. The number of aliphatic hydroxyl groups is 1. The van der Waals surface area contributed by atoms with Gasteiger partial charge in [-0.2, -0.15) is 0 Å². The number of aromatic nitrogens is 1. The van der Waals surface area contributed by atoms with Gasteiger partial charge in [-0.25, -0.2) is 17.9 Å². The summed E-state index contributed by atoms with van der Waals surface area (Å²) in [5.41, 5.74) is 0.00119. The Balaban J connectivity index is 2.16. The first-order valence-corrected chi connectivity index (χ1v) is 8.39. The molecule has 0 spiro atoms. The van der Waals surface area contributed by atoms with Gasteiger partial charge in [0.15, 0.2) is 0 Å². The second-order valence-corrected chi connectivity index (χ2v) is 7.24. The average molecular weight is 316 g/mol. The van der Waals surface area contributed by atoms with Crippen LogP contribution in [0.2, 0.25) is 0 Å². The highest BCUT2D eigenvalue weighted by Gasteiger charge is 2.30. The molecule has 1 heterocycles. The fraction of sp³-hybridized carbons (Fsp3) is 0.615. The van der Waals surface area contributed by atoms with Crippen LogP contribution >= 0.6 is 0 Å². The van der Waals surface area contributed by atoms with Gasteiger partial charge in [-0.05, 0) is 31.2 Å². The first-order chi connectivity index (χ1) is 9.85. The fourth-order valence-electron chi connectivity index (χ4n) is 2.08. The first kappa shape index (κ1) is 16.0. The van der Waals surface area contributed by atoms with Gasteiger partial charge < -0.3 is 14.8 Å². The smallest absolute Gasteiger partial charge is 0.352 e. The fourth-order valence-corrected chi connectivity index (χ4v) is 3.27. The molecule has 1 fully saturated rings. The Bertz CT molecular complexity index is 619. The summed E-state index contributed by atoms with van der Waals surface area (Å²) in [5, 5.41) is 18.0. The van der Waals surface area contributed by atoms with Gasteiger partial charge in [0.25, 0.3) is 0 Å². The van der Waals surface area contributed by atoms with Gasteiger partial charge in [-0.1, -0.05) is 6.92 Å². The third-order valence-corrected chi connectivity index (χ3v) is 4.93. The quantitative estimate of drug-likeness (QED) is 0.658. The number of hydrogen-bond acceptors (Lipinski definition) is 4. The number of aliphatic hydroxyl groups excluding tert-OH is 1. The van der Waals surface area contributed by atoms with E-state index >= 15 is 0 Å². The SMILES string of the molecule is CC(CCO)CNS(=O)(=O)c1cc(C(=O)O)n(C2CC2)c1. The monoisotopic (exact) mass is 316 g/mol. The summed E-state index contributed by atoms with van der Waals surface area (Å²) in [4.78, 5) is 11.2. The van der Waals surface area contributed by atoms with Gasteiger partial charge in [-0.15, -0.1) is 0 Å². The Kier molecular flexibility index (Phi) is 4.70. The molecule has 3 N–H and O–H groups in total. The van der Waals surface area contributed by atoms with Crippen molar-refractivity contribution in [3.05, 3.63) is 18.0 Å². The molecule has 0 saturated heterocycles. The number of sulfonamides is 1. The van der Waals surface area contributed by atoms with Crippen molar-refractivity contribution >= 4 is 16.0 Å². The number of nitrogens with zero attached hydrogens (tertiary/aromatic N) is 1. The van der Waals surface area contributed by atoms with E-state index in [1.165, 1.54) is 16.8 Å². The van der Waals surface area contributed by atoms with E-state index in [0.29, 0.717) is 6.42 Å². The van der Waals surface area contributed by atoms with E-state index in [1.54, 1.807) is 0 Å². The van der Waals surface area contributed by atoms with Crippen LogP contribution in [0.4, 0.5) is 0 Å². The number of aromatic carboxylic acids is 1. The van der Waals surface area contributed by atoms with Gasteiger partial charge >= 0.3 is 5.97 Å². The van der Waals surface area contributed by atoms with Crippen molar-refractivity contribution in [2.75, 3.05) is 13.2 Å². The van der Waals surface area contributed by atoms with Gasteiger partial charge in [-0.3, -0.25) is 0 Å². The lowest BCUT2D eigenvalue weighted by Gasteiger charge is -2.10. The number of carbonyl (C=O) groups is 1. The van der Waals surface area contributed by atoms with E-state index in [1.807, 2.05) is 6.92 Å². The Labute approximate surface area is 123 Å². The standard InChI is InChI=1S/C13H20N2O5S/c1-9(4-5-16)7-14-21(19,20)11-6-12(13(17)18)15(8-11)10-2-3-10/h6,8-10,14,16H,2-5,7H2,1H3,(H,17,18). The van der Waals surface area contributed by atoms with Gasteiger partial charge in [0.05, 0.1) is 0 Å². The third kappa shape index (κ3) is 3.84. The summed E-state index contributed by atoms with van der Waals surface area (Å²) < 4.78 is 28.4. The molecule has 7 nitrogen and oxygen atoms in total. The minimum atomic E-state index is -3.73. The van der Waals surface area contributed by atoms with E-state index in [9.17, 15) is 13.2 Å². The Morgan fingerprint density at radius 2 is 2.19 bits per heavy atom. The Hall–Kier alpha value is -1.38. The largest absolute Gasteiger partial charge is 0.477 e. The van der Waals surface area contributed by atoms with Crippen molar-refractivity contribution in [2.24, 2.45) is 5.92 Å². The van der Waals surface area contributed by atoms with Gasteiger partial charge in [0.2, 0.25) is 10.0 Å². The Morgan fingerprint density at radius 1 is 1.52 bits per heavy atom. The van der Waals surface area contributed by atoms with Crippen LogP contribution in [0.5, 0.6) is 0 Å². The predicted molar refractivity (Wildman–Crippen MR) is 75.7 cm³/mol. The lowest BCUT2D eigenvalue weighted by Crippen LogP contribution is -2.28. The molecular formula is C13H20N2O5S. The molecule has 1 aromatic rings. The molecule has 1 atom stereocenters. The topological polar surface area (TPSA) is 109 Å². The maximum Gasteiger partial charge on any atom is 0.352 e. The highest BCUT2D eigenvalue weighted by atomic mass is 32.2. The lowest BCUT2D eigenvalue weighted by atomic mass is 10.1. The molecule has 1 unspecified atom stereocenters. The van der Waals surface area contributed by atoms with Crippen LogP contribution in [0.3, 0.4) is 0 Å². The van der Waals surface area contributed by atoms with Crippen LogP contribution in [0.25, 0.3) is 0 Å². The van der Waals surface area contributed by atoms with Crippen LogP contribution in [-0.4, -0.2) is 42.3 Å². The van der Waals surface area contributed by atoms with Crippen molar-refractivity contribution in [1.29, 1.82) is 0 Å². The van der Waals surface area contributed by atoms with Crippen molar-refractivity contribution in [1.82, 2.24) is 9.29 Å². The predicted octanol–water partition coefficient (Wildman–Crippen LogP) is 0.818. The van der Waals surface area contributed by atoms with E-state index in [-0.39, 0.29) is 35.7 Å². The highest BCUT2D eigenvalue weighted by Crippen LogP contribution is 2.37. The van der Waals surface area contributed by atoms with E-state index < -0.39 is 16.0 Å². The van der Waals surface area contributed by atoms with Crippen LogP contribution in [-0.2, 0) is 10.0 Å². The second kappa shape index (κ2) is 6.17. The number of nitrogens with one attached hydrogen (secondary N) is 1. The molecule has 0 aliphatic heterocycles.